The van der Waals surface area contributed by atoms with Gasteiger partial charge in [-0.1, -0.05) is 24.3 Å². The average Bonchev–Trinajstić information content (AvgIpc) is 1.61. The number of rotatable bonds is 43. The number of hydrogen-bond donors (Lipinski definition) is 17. The molecule has 2 aromatic heterocycles. The minimum absolute atomic E-state index is 0.0232. The number of thioether (sulfide) groups is 1. The predicted octanol–water partition coefficient (Wildman–Crippen LogP) is 0.496. The Balaban J connectivity index is 0.684. The van der Waals surface area contributed by atoms with Gasteiger partial charge in [-0.05, 0) is 114 Å². The standard InChI is InChI=1S/C77H98N20O23S/c1-38-26-53-68(106)90-50-31-58(56(116-6)29-46(50)71(109)96(53)35-38)118-22-9-7-8-21-117-57-30-47(78)45(28-55(57)115-5)70(108)97-36-39(2)27-54(97)72-95(20-24-119-72)77(114)120-23-11-25-121-37-52(74(112)113)92-67(105)51(32-60(99)100)91-64(102)41(4)86-66(104)48(12-10-19-82-75(79)80)88-63(101)40(3)85-59(98)18-17-49(73(110)111)89-65(103)42-13-15-43(16-14-42)83-33-44-34-84-62-61(87-44)69(107)94-76(81)93-62/h13-16,28-31,34,40-41,48-49,51-54,72,83H,1-2,7-12,17-27,32-33,35-37,78H2,3-6H3,(H,85,98)(H,86,104)(H,88,101)(H,89,103)(H,90,106)(H,91,102)(H,92,105)(H,99,100)(H,110,111)(H,112,113)(H4,79,80,82)(H3,81,84,93,94,107)/t40-,41-,48-,49-,51-,52-,53-,54-,72?/m0/s1. The topological polar surface area (TPSA) is 629 Å². The molecule has 44 heteroatoms. The normalized spacial score (nSPS) is 16.9. The van der Waals surface area contributed by atoms with E-state index in [1.807, 2.05) is 0 Å². The van der Waals surface area contributed by atoms with Crippen LogP contribution in [0.3, 0.4) is 0 Å². The summed E-state index contributed by atoms with van der Waals surface area (Å²) in [4.78, 5) is 203. The summed E-state index contributed by atoms with van der Waals surface area (Å²) < 4.78 is 35.0. The van der Waals surface area contributed by atoms with E-state index in [1.165, 1.54) is 85.4 Å². The van der Waals surface area contributed by atoms with Crippen molar-refractivity contribution in [3.63, 3.8) is 0 Å². The van der Waals surface area contributed by atoms with Gasteiger partial charge in [-0.25, -0.2) is 24.4 Å². The van der Waals surface area contributed by atoms with Crippen LogP contribution in [0.4, 0.5) is 27.8 Å². The van der Waals surface area contributed by atoms with Gasteiger partial charge in [-0.3, -0.25) is 68.0 Å². The number of fused-ring (bicyclic) bond motifs is 3. The second kappa shape index (κ2) is 42.7. The number of aromatic nitrogens is 4. The molecule has 4 aliphatic rings. The Bertz CT molecular complexity index is 4840. The van der Waals surface area contributed by atoms with Crippen molar-refractivity contribution in [2.24, 2.45) is 5.73 Å². The second-order valence-electron chi connectivity index (χ2n) is 28.7. The maximum Gasteiger partial charge on any atom is 0.411 e. The molecule has 3 fully saturated rings. The number of guanidine groups is 1. The van der Waals surface area contributed by atoms with Gasteiger partial charge in [0.1, 0.15) is 42.3 Å². The van der Waals surface area contributed by atoms with E-state index in [0.29, 0.717) is 72.1 Å². The quantitative estimate of drug-likeness (QED) is 0.00830. The molecule has 1 unspecified atom stereocenters. The van der Waals surface area contributed by atoms with Gasteiger partial charge in [-0.2, -0.15) is 16.7 Å². The smallest absolute Gasteiger partial charge is 0.411 e. The number of benzene rings is 3. The molecule has 9 rings (SSSR count). The van der Waals surface area contributed by atoms with Crippen molar-refractivity contribution in [1.82, 2.24) is 71.9 Å². The molecule has 121 heavy (non-hydrogen) atoms. The molecule has 4 aliphatic heterocycles. The highest BCUT2D eigenvalue weighted by atomic mass is 32.2. The highest BCUT2D eigenvalue weighted by molar-refractivity contribution is 7.99. The number of carboxylic acids is 3. The number of carbonyl (C=O) groups excluding carboxylic acids is 10. The summed E-state index contributed by atoms with van der Waals surface area (Å²) in [5.74, 6) is -10.9. The van der Waals surface area contributed by atoms with Crippen LogP contribution in [0.1, 0.15) is 121 Å². The number of nitrogens with two attached hydrogens (primary N) is 3. The van der Waals surface area contributed by atoms with Crippen LogP contribution < -0.4 is 89.6 Å². The van der Waals surface area contributed by atoms with Gasteiger partial charge >= 0.3 is 24.0 Å². The van der Waals surface area contributed by atoms with E-state index in [2.05, 4.69) is 80.9 Å². The van der Waals surface area contributed by atoms with Gasteiger partial charge in [0, 0.05) is 60.9 Å². The van der Waals surface area contributed by atoms with Gasteiger partial charge in [0.05, 0.1) is 94.9 Å². The summed E-state index contributed by atoms with van der Waals surface area (Å²) >= 11 is 1.04. The molecule has 650 valence electrons. The van der Waals surface area contributed by atoms with Gasteiger partial charge in [0.25, 0.3) is 23.3 Å². The van der Waals surface area contributed by atoms with E-state index in [-0.39, 0.29) is 147 Å². The number of aliphatic carboxylic acids is 3. The van der Waals surface area contributed by atoms with Crippen molar-refractivity contribution in [3.05, 3.63) is 112 Å². The number of aromatic amines is 1. The zero-order valence-corrected chi connectivity index (χ0v) is 67.5. The molecule has 0 saturated carbocycles. The number of carboxylic acid groups (broad SMARTS) is 3. The number of nitrogen functional groups attached to an aromatic ring is 2. The summed E-state index contributed by atoms with van der Waals surface area (Å²) in [7, 11) is 2.88. The Morgan fingerprint density at radius 2 is 1.37 bits per heavy atom. The summed E-state index contributed by atoms with van der Waals surface area (Å²) in [5.41, 5.74) is 20.2. The third-order valence-electron chi connectivity index (χ3n) is 19.6. The average molecular weight is 1700 g/mol. The molecule has 10 amide bonds. The van der Waals surface area contributed by atoms with Crippen molar-refractivity contribution in [3.8, 4) is 23.0 Å². The Labute approximate surface area is 695 Å². The van der Waals surface area contributed by atoms with E-state index in [9.17, 15) is 82.4 Å². The monoisotopic (exact) mass is 1700 g/mol. The minimum atomic E-state index is -1.89. The molecule has 3 saturated heterocycles. The Hall–Kier alpha value is -13.6. The van der Waals surface area contributed by atoms with Crippen LogP contribution in [0.2, 0.25) is 0 Å². The Morgan fingerprint density at radius 1 is 0.719 bits per heavy atom. The first-order chi connectivity index (χ1) is 57.7. The number of hydrogen-bond acceptors (Lipinski definition) is 28. The predicted molar refractivity (Wildman–Crippen MR) is 435 cm³/mol. The lowest BCUT2D eigenvalue weighted by atomic mass is 10.1. The van der Waals surface area contributed by atoms with E-state index in [0.717, 1.165) is 17.3 Å². The third kappa shape index (κ3) is 25.0. The molecule has 0 radical (unpaired) electrons. The maximum atomic E-state index is 14.4. The summed E-state index contributed by atoms with van der Waals surface area (Å²) in [6.07, 6.45) is 0.321. The van der Waals surface area contributed by atoms with Crippen LogP contribution in [-0.4, -0.2) is 266 Å². The van der Waals surface area contributed by atoms with Crippen LogP contribution in [-0.2, 0) is 59.2 Å². The van der Waals surface area contributed by atoms with E-state index in [4.69, 9.17) is 51.0 Å². The number of anilines is 4. The first-order valence-electron chi connectivity index (χ1n) is 38.5. The van der Waals surface area contributed by atoms with Crippen LogP contribution in [0.15, 0.2) is 83.8 Å². The lowest BCUT2D eigenvalue weighted by molar-refractivity contribution is -0.143. The molecule has 6 heterocycles. The summed E-state index contributed by atoms with van der Waals surface area (Å²) in [6, 6.07) is 1.17. The number of carbonyl (C=O) groups is 13. The molecule has 0 bridgehead atoms. The third-order valence-corrected chi connectivity index (χ3v) is 20.7. The van der Waals surface area contributed by atoms with Crippen LogP contribution in [0, 0.1) is 5.41 Å². The van der Waals surface area contributed by atoms with Crippen LogP contribution >= 0.6 is 11.8 Å². The van der Waals surface area contributed by atoms with Crippen molar-refractivity contribution in [2.45, 2.75) is 146 Å². The molecule has 0 aliphatic carbocycles. The van der Waals surface area contributed by atoms with Gasteiger partial charge in [-0.15, -0.1) is 0 Å². The lowest BCUT2D eigenvalue weighted by Crippen LogP contribution is -2.58. The van der Waals surface area contributed by atoms with Crippen molar-refractivity contribution in [1.29, 1.82) is 5.41 Å². The second-order valence-corrected chi connectivity index (χ2v) is 29.8. The fourth-order valence-electron chi connectivity index (χ4n) is 13.3. The molecule has 43 nitrogen and oxygen atoms in total. The van der Waals surface area contributed by atoms with E-state index >= 15 is 0 Å². The number of methoxy groups -OCH3 is 2. The van der Waals surface area contributed by atoms with Gasteiger partial charge < -0.3 is 119 Å². The SMILES string of the molecule is C=C1C[C@H]2C(=O)Nc3cc(OCCCCCOc4cc(N)c(C(=O)N5CC(=C)C[C@H]5C5OCCN5C(=O)OCCCSC[C@H](NC(=O)[C@H](CC(=O)O)NC(=O)[C@H](C)NC(=O)[C@H](CCCNC(=N)N)NC(=O)[C@H](C)NC(=O)CC[C@H](NC(=O)c5ccc(NCc6cnc7nc(N)[nH]c(=O)c7n6)cc5)C(=O)O)C(=O)O)cc4OC)c(OC)cc3C(=O)N2C1. The number of nitrogens with zero attached hydrogens (tertiary/aromatic N) is 6. The van der Waals surface area contributed by atoms with Crippen molar-refractivity contribution >= 4 is 129 Å². The zero-order valence-electron chi connectivity index (χ0n) is 66.7. The van der Waals surface area contributed by atoms with Crippen molar-refractivity contribution < 1.29 is 106 Å². The molecule has 3 aromatic carbocycles. The highest BCUT2D eigenvalue weighted by Gasteiger charge is 2.46. The number of nitrogens with one attached hydrogen (secondary N) is 11. The number of ether oxygens (including phenoxy) is 6. The summed E-state index contributed by atoms with van der Waals surface area (Å²) in [5, 5.41) is 59.8. The van der Waals surface area contributed by atoms with Crippen LogP contribution in [0.5, 0.6) is 23.0 Å². The first-order valence-corrected chi connectivity index (χ1v) is 39.6. The number of H-pyrrole nitrogens is 1. The Kier molecular flexibility index (Phi) is 32.3. The van der Waals surface area contributed by atoms with Crippen molar-refractivity contribution in [2.75, 3.05) is 100 Å². The van der Waals surface area contributed by atoms with Gasteiger partial charge in [0.2, 0.25) is 41.4 Å². The fraction of sp³-hybridized carbons (Fsp3) is 0.455. The molecular weight excluding hydrogens is 1610 g/mol. The van der Waals surface area contributed by atoms with Crippen LogP contribution in [0.25, 0.3) is 11.2 Å². The minimum Gasteiger partial charge on any atom is -0.493 e. The summed E-state index contributed by atoms with van der Waals surface area (Å²) in [6.45, 7) is 11.6. The molecule has 20 N–H and O–H groups in total. The largest absolute Gasteiger partial charge is 0.493 e. The van der Waals surface area contributed by atoms with Gasteiger partial charge in [0.15, 0.2) is 46.3 Å². The fourth-order valence-corrected chi connectivity index (χ4v) is 14.3. The number of amides is 10. The Morgan fingerprint density at radius 3 is 2.05 bits per heavy atom. The number of likely N-dealkylation sites (tertiary alicyclic amines) is 1. The molecule has 5 aromatic rings. The lowest BCUT2D eigenvalue weighted by Gasteiger charge is -2.33. The highest BCUT2D eigenvalue weighted by Crippen LogP contribution is 2.40. The molecule has 9 atom stereocenters. The van der Waals surface area contributed by atoms with E-state index < -0.39 is 151 Å². The first kappa shape index (κ1) is 91.4. The number of unbranched alkanes of at least 4 members (excludes halogenated alkanes) is 2. The van der Waals surface area contributed by atoms with E-state index in [1.54, 1.807) is 12.1 Å². The maximum absolute atomic E-state index is 14.4. The zero-order chi connectivity index (χ0) is 87.9. The molecule has 0 spiro atoms. The molecular formula is C77H98N20O23S.